The topological polar surface area (TPSA) is 32.3 Å². The molecular formula is C11H15NO. The van der Waals surface area contributed by atoms with Gasteiger partial charge in [0.15, 0.2) is 0 Å². The summed E-state index contributed by atoms with van der Waals surface area (Å²) < 4.78 is 0. The maximum atomic E-state index is 8.90. The standard InChI is InChI=1S/C11H15NO/c13-8-6-11-10-4-2-1-3-9(10)5-7-12-11/h1-4,11-13H,5-8H2. The zero-order valence-corrected chi connectivity index (χ0v) is 7.66. The molecule has 1 aliphatic heterocycles. The molecule has 0 saturated carbocycles. The minimum absolute atomic E-state index is 0.256. The molecule has 1 heterocycles. The molecule has 2 nitrogen and oxygen atoms in total. The van der Waals surface area contributed by atoms with Crippen LogP contribution in [0, 0.1) is 0 Å². The van der Waals surface area contributed by atoms with Gasteiger partial charge in [-0.2, -0.15) is 0 Å². The molecular weight excluding hydrogens is 162 g/mol. The molecule has 0 fully saturated rings. The van der Waals surface area contributed by atoms with Gasteiger partial charge < -0.3 is 10.4 Å². The van der Waals surface area contributed by atoms with Crippen molar-refractivity contribution in [1.29, 1.82) is 0 Å². The molecule has 1 atom stereocenters. The van der Waals surface area contributed by atoms with E-state index in [0.717, 1.165) is 19.4 Å². The summed E-state index contributed by atoms with van der Waals surface area (Å²) in [4.78, 5) is 0. The van der Waals surface area contributed by atoms with Crippen molar-refractivity contribution in [2.24, 2.45) is 0 Å². The van der Waals surface area contributed by atoms with Crippen LogP contribution in [0.5, 0.6) is 0 Å². The Balaban J connectivity index is 2.26. The summed E-state index contributed by atoms with van der Waals surface area (Å²) in [7, 11) is 0. The first kappa shape index (κ1) is 8.73. The second kappa shape index (κ2) is 3.90. The summed E-state index contributed by atoms with van der Waals surface area (Å²) in [5.74, 6) is 0. The second-order valence-electron chi connectivity index (χ2n) is 3.47. The van der Waals surface area contributed by atoms with Crippen LogP contribution in [0.25, 0.3) is 0 Å². The van der Waals surface area contributed by atoms with Gasteiger partial charge in [-0.05, 0) is 30.5 Å². The Labute approximate surface area is 78.6 Å². The molecule has 0 bridgehead atoms. The number of hydrogen-bond acceptors (Lipinski definition) is 2. The summed E-state index contributed by atoms with van der Waals surface area (Å²) in [6.45, 7) is 1.29. The van der Waals surface area contributed by atoms with Gasteiger partial charge in [-0.1, -0.05) is 24.3 Å². The minimum atomic E-state index is 0.256. The Bertz CT molecular complexity index is 285. The van der Waals surface area contributed by atoms with E-state index in [2.05, 4.69) is 29.6 Å². The highest BCUT2D eigenvalue weighted by Gasteiger charge is 2.17. The predicted octanol–water partition coefficient (Wildman–Crippen LogP) is 1.26. The maximum absolute atomic E-state index is 8.90. The molecule has 0 radical (unpaired) electrons. The van der Waals surface area contributed by atoms with E-state index in [9.17, 15) is 0 Å². The van der Waals surface area contributed by atoms with E-state index >= 15 is 0 Å². The van der Waals surface area contributed by atoms with Crippen LogP contribution in [0.2, 0.25) is 0 Å². The summed E-state index contributed by atoms with van der Waals surface area (Å²) in [5.41, 5.74) is 2.79. The smallest absolute Gasteiger partial charge is 0.0449 e. The molecule has 0 aromatic heterocycles. The van der Waals surface area contributed by atoms with E-state index < -0.39 is 0 Å². The lowest BCUT2D eigenvalue weighted by Crippen LogP contribution is -2.30. The Hall–Kier alpha value is -0.860. The zero-order valence-electron chi connectivity index (χ0n) is 7.66. The van der Waals surface area contributed by atoms with E-state index in [0.29, 0.717) is 6.04 Å². The highest BCUT2D eigenvalue weighted by atomic mass is 16.3. The Kier molecular flexibility index (Phi) is 2.62. The van der Waals surface area contributed by atoms with Crippen molar-refractivity contribution in [3.05, 3.63) is 35.4 Å². The Morgan fingerprint density at radius 2 is 2.23 bits per heavy atom. The highest BCUT2D eigenvalue weighted by Crippen LogP contribution is 2.24. The molecule has 1 aliphatic rings. The van der Waals surface area contributed by atoms with Crippen LogP contribution in [0.4, 0.5) is 0 Å². The van der Waals surface area contributed by atoms with Crippen LogP contribution in [0.15, 0.2) is 24.3 Å². The van der Waals surface area contributed by atoms with Crippen LogP contribution < -0.4 is 5.32 Å². The molecule has 0 spiro atoms. The number of rotatable bonds is 2. The first-order valence-corrected chi connectivity index (χ1v) is 4.84. The number of hydrogen-bond donors (Lipinski definition) is 2. The van der Waals surface area contributed by atoms with Crippen LogP contribution >= 0.6 is 0 Å². The van der Waals surface area contributed by atoms with Crippen molar-refractivity contribution >= 4 is 0 Å². The quantitative estimate of drug-likeness (QED) is 0.712. The van der Waals surface area contributed by atoms with Gasteiger partial charge >= 0.3 is 0 Å². The maximum Gasteiger partial charge on any atom is 0.0449 e. The third kappa shape index (κ3) is 1.74. The first-order chi connectivity index (χ1) is 6.42. The molecule has 2 rings (SSSR count). The lowest BCUT2D eigenvalue weighted by molar-refractivity contribution is 0.263. The van der Waals surface area contributed by atoms with Crippen molar-refractivity contribution in [2.75, 3.05) is 13.2 Å². The fourth-order valence-electron chi connectivity index (χ4n) is 1.98. The molecule has 70 valence electrons. The molecule has 1 aromatic carbocycles. The molecule has 1 unspecified atom stereocenters. The number of aliphatic hydroxyl groups excluding tert-OH is 1. The normalized spacial score (nSPS) is 21.2. The van der Waals surface area contributed by atoms with Crippen molar-refractivity contribution < 1.29 is 5.11 Å². The first-order valence-electron chi connectivity index (χ1n) is 4.84. The van der Waals surface area contributed by atoms with E-state index in [1.165, 1.54) is 11.1 Å². The lowest BCUT2D eigenvalue weighted by Gasteiger charge is -2.26. The minimum Gasteiger partial charge on any atom is -0.396 e. The van der Waals surface area contributed by atoms with Crippen molar-refractivity contribution in [2.45, 2.75) is 18.9 Å². The van der Waals surface area contributed by atoms with E-state index in [-0.39, 0.29) is 6.61 Å². The number of benzene rings is 1. The van der Waals surface area contributed by atoms with Crippen LogP contribution in [0.1, 0.15) is 23.6 Å². The van der Waals surface area contributed by atoms with Gasteiger partial charge in [-0.25, -0.2) is 0 Å². The van der Waals surface area contributed by atoms with Gasteiger partial charge in [0, 0.05) is 12.6 Å². The molecule has 2 heteroatoms. The Morgan fingerprint density at radius 1 is 1.38 bits per heavy atom. The average Bonchev–Trinajstić information content (AvgIpc) is 2.19. The van der Waals surface area contributed by atoms with E-state index in [1.54, 1.807) is 0 Å². The van der Waals surface area contributed by atoms with Gasteiger partial charge in [0.25, 0.3) is 0 Å². The number of nitrogens with one attached hydrogen (secondary N) is 1. The van der Waals surface area contributed by atoms with E-state index in [1.807, 2.05) is 0 Å². The monoisotopic (exact) mass is 177 g/mol. The third-order valence-corrected chi connectivity index (χ3v) is 2.63. The fourth-order valence-corrected chi connectivity index (χ4v) is 1.98. The van der Waals surface area contributed by atoms with Crippen LogP contribution in [0.3, 0.4) is 0 Å². The molecule has 13 heavy (non-hydrogen) atoms. The second-order valence-corrected chi connectivity index (χ2v) is 3.47. The molecule has 1 aromatic rings. The largest absolute Gasteiger partial charge is 0.396 e. The number of fused-ring (bicyclic) bond motifs is 1. The summed E-state index contributed by atoms with van der Waals surface area (Å²) >= 11 is 0. The Morgan fingerprint density at radius 3 is 3.08 bits per heavy atom. The van der Waals surface area contributed by atoms with Gasteiger partial charge in [0.1, 0.15) is 0 Å². The van der Waals surface area contributed by atoms with E-state index in [4.69, 9.17) is 5.11 Å². The van der Waals surface area contributed by atoms with Gasteiger partial charge in [0.2, 0.25) is 0 Å². The van der Waals surface area contributed by atoms with Crippen molar-refractivity contribution in [1.82, 2.24) is 5.32 Å². The third-order valence-electron chi connectivity index (χ3n) is 2.63. The van der Waals surface area contributed by atoms with Gasteiger partial charge in [-0.3, -0.25) is 0 Å². The van der Waals surface area contributed by atoms with Crippen LogP contribution in [-0.2, 0) is 6.42 Å². The van der Waals surface area contributed by atoms with Gasteiger partial charge in [0.05, 0.1) is 0 Å². The van der Waals surface area contributed by atoms with Crippen molar-refractivity contribution in [3.8, 4) is 0 Å². The molecule has 0 aliphatic carbocycles. The van der Waals surface area contributed by atoms with Crippen LogP contribution in [-0.4, -0.2) is 18.3 Å². The summed E-state index contributed by atoms with van der Waals surface area (Å²) in [6.07, 6.45) is 1.93. The summed E-state index contributed by atoms with van der Waals surface area (Å²) in [5, 5.41) is 12.3. The predicted molar refractivity (Wildman–Crippen MR) is 52.6 cm³/mol. The van der Waals surface area contributed by atoms with Gasteiger partial charge in [-0.15, -0.1) is 0 Å². The SMILES string of the molecule is OCCC1NCCc2ccccc21. The zero-order chi connectivity index (χ0) is 9.10. The average molecular weight is 177 g/mol. The highest BCUT2D eigenvalue weighted by molar-refractivity contribution is 5.32. The lowest BCUT2D eigenvalue weighted by atomic mass is 9.93. The van der Waals surface area contributed by atoms with Crippen molar-refractivity contribution in [3.63, 3.8) is 0 Å². The summed E-state index contributed by atoms with van der Waals surface area (Å²) in [6, 6.07) is 8.84. The molecule has 2 N–H and O–H groups in total. The fraction of sp³-hybridized carbons (Fsp3) is 0.455. The number of aliphatic hydroxyl groups is 1. The molecule has 0 saturated heterocycles. The molecule has 0 amide bonds.